The fourth-order valence-electron chi connectivity index (χ4n) is 5.55. The Bertz CT molecular complexity index is 702. The molecule has 1 saturated carbocycles. The van der Waals surface area contributed by atoms with Gasteiger partial charge in [-0.25, -0.2) is 0 Å². The van der Waals surface area contributed by atoms with Gasteiger partial charge in [0.1, 0.15) is 42.7 Å². The molecule has 4 fully saturated rings. The van der Waals surface area contributed by atoms with E-state index >= 15 is 0 Å². The smallest absolute Gasteiger partial charge is 0.223 e. The van der Waals surface area contributed by atoms with Crippen LogP contribution in [0.1, 0.15) is 38.5 Å². The Kier molecular flexibility index (Phi) is 7.33. The van der Waals surface area contributed by atoms with E-state index in [0.717, 1.165) is 32.1 Å². The van der Waals surface area contributed by atoms with Gasteiger partial charge in [-0.3, -0.25) is 4.79 Å². The van der Waals surface area contributed by atoms with Crippen molar-refractivity contribution in [3.8, 4) is 0 Å². The molecule has 0 aromatic carbocycles. The van der Waals surface area contributed by atoms with E-state index in [9.17, 15) is 40.5 Å². The molecule has 3 aliphatic heterocycles. The summed E-state index contributed by atoms with van der Waals surface area (Å²) in [7, 11) is 0. The van der Waals surface area contributed by atoms with E-state index in [1.165, 1.54) is 4.90 Å². The van der Waals surface area contributed by atoms with E-state index in [1.807, 2.05) is 0 Å². The predicted molar refractivity (Wildman–Crippen MR) is 108 cm³/mol. The monoisotopic (exact) mass is 477 g/mol. The van der Waals surface area contributed by atoms with Crippen LogP contribution in [0.4, 0.5) is 0 Å². The van der Waals surface area contributed by atoms with E-state index in [1.54, 1.807) is 0 Å². The second-order valence-corrected chi connectivity index (χ2v) is 9.95. The van der Waals surface area contributed by atoms with Gasteiger partial charge in [0.2, 0.25) is 11.7 Å². The molecule has 12 heteroatoms. The van der Waals surface area contributed by atoms with Gasteiger partial charge in [0, 0.05) is 13.0 Å². The Morgan fingerprint density at radius 3 is 2.39 bits per heavy atom. The summed E-state index contributed by atoms with van der Waals surface area (Å²) in [5, 5.41) is 71.7. The Labute approximate surface area is 191 Å². The predicted octanol–water partition coefficient (Wildman–Crippen LogP) is -3.21. The fraction of sp³-hybridized carbons (Fsp3) is 0.952. The van der Waals surface area contributed by atoms with Gasteiger partial charge in [-0.05, 0) is 18.3 Å². The summed E-state index contributed by atoms with van der Waals surface area (Å²) in [5.74, 6) is -2.38. The highest BCUT2D eigenvalue weighted by molar-refractivity contribution is 5.79. The summed E-state index contributed by atoms with van der Waals surface area (Å²) in [6.45, 7) is -0.976. The van der Waals surface area contributed by atoms with Crippen LogP contribution in [-0.4, -0.2) is 128 Å². The molecule has 7 N–H and O–H groups in total. The average Bonchev–Trinajstić information content (AvgIpc) is 3.08. The maximum absolute atomic E-state index is 12.7. The van der Waals surface area contributed by atoms with Gasteiger partial charge in [-0.15, -0.1) is 0 Å². The van der Waals surface area contributed by atoms with Crippen LogP contribution in [0.3, 0.4) is 0 Å². The van der Waals surface area contributed by atoms with Gasteiger partial charge < -0.3 is 54.9 Å². The number of carbonyl (C=O) groups excluding carboxylic acids is 1. The van der Waals surface area contributed by atoms with Crippen molar-refractivity contribution < 1.29 is 54.8 Å². The molecule has 0 aromatic heterocycles. The zero-order valence-corrected chi connectivity index (χ0v) is 18.4. The fourth-order valence-corrected chi connectivity index (χ4v) is 5.55. The number of aliphatic hydroxyl groups is 7. The number of amides is 1. The molecule has 1 unspecified atom stereocenters. The van der Waals surface area contributed by atoms with Gasteiger partial charge >= 0.3 is 0 Å². The standard InChI is InChI=1S/C21H35NO11/c23-7-12-14(26)15(27)16(28)19(32-12)33-17-11(24)8-31-21(30,18(17)29)10-22-9-20(6-13(22)25)4-2-1-3-5-20/h11-12,14-19,23-24,26-30H,1-10H2/t11-,12-,14+,15+,16-,17-,18+,19+,21?/m1/s1. The Morgan fingerprint density at radius 1 is 1.03 bits per heavy atom. The van der Waals surface area contributed by atoms with Gasteiger partial charge in [0.15, 0.2) is 6.29 Å². The summed E-state index contributed by atoms with van der Waals surface area (Å²) in [6.07, 6.45) is -7.20. The lowest BCUT2D eigenvalue weighted by molar-refractivity contribution is -0.369. The van der Waals surface area contributed by atoms with Crippen molar-refractivity contribution in [1.82, 2.24) is 4.90 Å². The van der Waals surface area contributed by atoms with Crippen molar-refractivity contribution >= 4 is 5.91 Å². The minimum atomic E-state index is -2.24. The molecule has 0 radical (unpaired) electrons. The number of aliphatic hydroxyl groups excluding tert-OH is 6. The van der Waals surface area contributed by atoms with Gasteiger partial charge in [0.05, 0.1) is 19.8 Å². The number of carbonyl (C=O) groups is 1. The number of likely N-dealkylation sites (tertiary alicyclic amines) is 1. The van der Waals surface area contributed by atoms with Crippen molar-refractivity contribution in [3.05, 3.63) is 0 Å². The SMILES string of the molecule is O=C1CC2(CCCCC2)CN1CC1(O)OC[C@@H](O)[C@@H](O[C@@H]2O[C@H](CO)[C@H](O)[C@H](O)[C@H]2O)[C@@H]1O. The average molecular weight is 478 g/mol. The van der Waals surface area contributed by atoms with Crippen LogP contribution in [0.2, 0.25) is 0 Å². The van der Waals surface area contributed by atoms with E-state index in [4.69, 9.17) is 14.2 Å². The van der Waals surface area contributed by atoms with Crippen LogP contribution in [0.5, 0.6) is 0 Å². The molecule has 4 aliphatic rings. The maximum Gasteiger partial charge on any atom is 0.223 e. The highest BCUT2D eigenvalue weighted by atomic mass is 16.7. The Morgan fingerprint density at radius 2 is 1.73 bits per heavy atom. The molecule has 4 rings (SSSR count). The van der Waals surface area contributed by atoms with Crippen LogP contribution < -0.4 is 0 Å². The summed E-state index contributed by atoms with van der Waals surface area (Å²) >= 11 is 0. The first-order valence-electron chi connectivity index (χ1n) is 11.6. The summed E-state index contributed by atoms with van der Waals surface area (Å²) in [6, 6.07) is 0. The van der Waals surface area contributed by atoms with Crippen LogP contribution >= 0.6 is 0 Å². The minimum Gasteiger partial charge on any atom is -0.394 e. The molecule has 190 valence electrons. The van der Waals surface area contributed by atoms with E-state index in [-0.39, 0.29) is 17.9 Å². The number of nitrogens with zero attached hydrogens (tertiary/aromatic N) is 1. The molecule has 9 atom stereocenters. The first-order valence-corrected chi connectivity index (χ1v) is 11.6. The molecule has 0 bridgehead atoms. The number of hydrogen-bond donors (Lipinski definition) is 7. The van der Waals surface area contributed by atoms with Gasteiger partial charge in [0.25, 0.3) is 0 Å². The molecule has 33 heavy (non-hydrogen) atoms. The molecular weight excluding hydrogens is 442 g/mol. The Hall–Kier alpha value is -0.930. The zero-order chi connectivity index (χ0) is 24.0. The van der Waals surface area contributed by atoms with Crippen LogP contribution in [-0.2, 0) is 19.0 Å². The summed E-state index contributed by atoms with van der Waals surface area (Å²) in [5.41, 5.74) is -0.128. The van der Waals surface area contributed by atoms with Crippen LogP contribution in [0.15, 0.2) is 0 Å². The lowest BCUT2D eigenvalue weighted by Gasteiger charge is -2.47. The van der Waals surface area contributed by atoms with E-state index in [2.05, 4.69) is 0 Å². The Balaban J connectivity index is 1.45. The maximum atomic E-state index is 12.7. The first-order chi connectivity index (χ1) is 15.6. The minimum absolute atomic E-state index is 0.128. The number of β-amino-alcohol motifs (C(OH)–C–C–N with tert-alkyl or cyclic N) is 1. The van der Waals surface area contributed by atoms with Crippen molar-refractivity contribution in [3.63, 3.8) is 0 Å². The van der Waals surface area contributed by atoms with Gasteiger partial charge in [-0.2, -0.15) is 0 Å². The highest BCUT2D eigenvalue weighted by Gasteiger charge is 2.55. The first kappa shape index (κ1) is 25.2. The third-order valence-electron chi connectivity index (χ3n) is 7.53. The van der Waals surface area contributed by atoms with Crippen LogP contribution in [0, 0.1) is 5.41 Å². The number of rotatable bonds is 5. The third-order valence-corrected chi connectivity index (χ3v) is 7.53. The second-order valence-electron chi connectivity index (χ2n) is 9.95. The lowest BCUT2D eigenvalue weighted by atomic mass is 9.73. The van der Waals surface area contributed by atoms with Crippen molar-refractivity contribution in [2.24, 2.45) is 5.41 Å². The number of ether oxygens (including phenoxy) is 3. The summed E-state index contributed by atoms with van der Waals surface area (Å²) < 4.78 is 16.2. The molecule has 1 spiro atoms. The number of hydrogen-bond acceptors (Lipinski definition) is 11. The summed E-state index contributed by atoms with van der Waals surface area (Å²) in [4.78, 5) is 14.2. The molecule has 0 aromatic rings. The van der Waals surface area contributed by atoms with Gasteiger partial charge in [-0.1, -0.05) is 19.3 Å². The molecule has 3 heterocycles. The van der Waals surface area contributed by atoms with Crippen molar-refractivity contribution in [1.29, 1.82) is 0 Å². The quantitative estimate of drug-likeness (QED) is 0.211. The topological polar surface area (TPSA) is 190 Å². The van der Waals surface area contributed by atoms with E-state index in [0.29, 0.717) is 13.0 Å². The third kappa shape index (κ3) is 4.79. The molecule has 3 saturated heterocycles. The zero-order valence-electron chi connectivity index (χ0n) is 18.4. The van der Waals surface area contributed by atoms with Crippen LogP contribution in [0.25, 0.3) is 0 Å². The highest BCUT2D eigenvalue weighted by Crippen LogP contribution is 2.45. The molecule has 12 nitrogen and oxygen atoms in total. The molecule has 1 amide bonds. The second kappa shape index (κ2) is 9.61. The molecule has 1 aliphatic carbocycles. The van der Waals surface area contributed by atoms with Crippen molar-refractivity contribution in [2.45, 2.75) is 93.3 Å². The normalized spacial score (nSPS) is 46.2. The molecular formula is C21H35NO11. The van der Waals surface area contributed by atoms with Crippen molar-refractivity contribution in [2.75, 3.05) is 26.3 Å². The van der Waals surface area contributed by atoms with E-state index < -0.39 is 68.0 Å². The lowest BCUT2D eigenvalue weighted by Crippen LogP contribution is -2.67. The largest absolute Gasteiger partial charge is 0.394 e.